The monoisotopic (exact) mass is 355 g/mol. The molecule has 0 atom stereocenters. The largest absolute Gasteiger partial charge is 0.390 e. The van der Waals surface area contributed by atoms with Gasteiger partial charge in [0, 0.05) is 14.1 Å². The van der Waals surface area contributed by atoms with Crippen molar-refractivity contribution in [3.05, 3.63) is 5.69 Å². The molecule has 0 aliphatic carbocycles. The van der Waals surface area contributed by atoms with Crippen molar-refractivity contribution in [2.45, 2.75) is 38.7 Å². The summed E-state index contributed by atoms with van der Waals surface area (Å²) in [6.45, 7) is 2.87. The van der Waals surface area contributed by atoms with Crippen LogP contribution in [0.5, 0.6) is 0 Å². The van der Waals surface area contributed by atoms with Gasteiger partial charge in [-0.3, -0.25) is 0 Å². The van der Waals surface area contributed by atoms with Gasteiger partial charge in [0.25, 0.3) is 6.43 Å². The van der Waals surface area contributed by atoms with E-state index in [0.29, 0.717) is 35.5 Å². The Kier molecular flexibility index (Phi) is 5.83. The molecule has 0 fully saturated rings. The Bertz CT molecular complexity index is 734. The standard InChI is InChI=1S/C15H23F2N7O/c1-15(2,25)6-5-8-10-11(23-13(18-3)21-8)12(20-7-9(16)17)24-14(19-4)22-10/h9,25H,5-7H2,1-4H3,(H,18,21,23)(H2,19,20,22,24). The average Bonchev–Trinajstić information content (AvgIpc) is 2.56. The van der Waals surface area contributed by atoms with Crippen LogP contribution in [0.4, 0.5) is 26.5 Å². The zero-order valence-electron chi connectivity index (χ0n) is 14.7. The Balaban J connectivity index is 2.56. The van der Waals surface area contributed by atoms with Crippen molar-refractivity contribution in [3.63, 3.8) is 0 Å². The number of anilines is 3. The summed E-state index contributed by atoms with van der Waals surface area (Å²) in [7, 11) is 3.30. The zero-order valence-corrected chi connectivity index (χ0v) is 14.7. The second kappa shape index (κ2) is 7.68. The van der Waals surface area contributed by atoms with E-state index in [-0.39, 0.29) is 11.8 Å². The lowest BCUT2D eigenvalue weighted by Gasteiger charge is -2.18. The van der Waals surface area contributed by atoms with Crippen LogP contribution in [0, 0.1) is 0 Å². The Morgan fingerprint density at radius 1 is 1.00 bits per heavy atom. The first kappa shape index (κ1) is 19.0. The topological polar surface area (TPSA) is 108 Å². The fraction of sp³-hybridized carbons (Fsp3) is 0.600. The molecule has 0 aromatic carbocycles. The van der Waals surface area contributed by atoms with Crippen LogP contribution in [-0.4, -0.2) is 57.7 Å². The summed E-state index contributed by atoms with van der Waals surface area (Å²) in [5.41, 5.74) is 0.548. The van der Waals surface area contributed by atoms with Gasteiger partial charge in [0.05, 0.1) is 17.8 Å². The van der Waals surface area contributed by atoms with Gasteiger partial charge in [-0.1, -0.05) is 0 Å². The molecule has 0 amide bonds. The van der Waals surface area contributed by atoms with E-state index in [0.717, 1.165) is 0 Å². The van der Waals surface area contributed by atoms with Crippen LogP contribution < -0.4 is 16.0 Å². The zero-order chi connectivity index (χ0) is 18.6. The Morgan fingerprint density at radius 3 is 2.16 bits per heavy atom. The Morgan fingerprint density at radius 2 is 1.60 bits per heavy atom. The average molecular weight is 355 g/mol. The maximum absolute atomic E-state index is 12.6. The van der Waals surface area contributed by atoms with Crippen LogP contribution in [0.2, 0.25) is 0 Å². The van der Waals surface area contributed by atoms with Gasteiger partial charge in [-0.2, -0.15) is 4.98 Å². The summed E-state index contributed by atoms with van der Waals surface area (Å²) in [5, 5.41) is 18.2. The molecule has 2 aromatic heterocycles. The lowest BCUT2D eigenvalue weighted by molar-refractivity contribution is 0.0712. The van der Waals surface area contributed by atoms with Crippen LogP contribution in [0.3, 0.4) is 0 Å². The SMILES string of the molecule is CNc1nc(NCC(F)F)c2nc(NC)nc(CCC(C)(C)O)c2n1. The number of hydrogen-bond acceptors (Lipinski definition) is 8. The van der Waals surface area contributed by atoms with E-state index in [1.807, 2.05) is 0 Å². The number of aromatic nitrogens is 4. The smallest absolute Gasteiger partial charge is 0.255 e. The molecule has 2 rings (SSSR count). The van der Waals surface area contributed by atoms with Crippen molar-refractivity contribution in [1.29, 1.82) is 0 Å². The molecule has 0 bridgehead atoms. The van der Waals surface area contributed by atoms with Gasteiger partial charge in [0.1, 0.15) is 11.0 Å². The molecule has 0 radical (unpaired) electrons. The number of aliphatic hydroxyl groups is 1. The maximum Gasteiger partial charge on any atom is 0.255 e. The minimum Gasteiger partial charge on any atom is -0.390 e. The molecular weight excluding hydrogens is 332 g/mol. The van der Waals surface area contributed by atoms with Crippen molar-refractivity contribution in [2.24, 2.45) is 0 Å². The second-order valence-electron chi connectivity index (χ2n) is 6.17. The van der Waals surface area contributed by atoms with Crippen molar-refractivity contribution in [2.75, 3.05) is 36.6 Å². The van der Waals surface area contributed by atoms with E-state index in [9.17, 15) is 13.9 Å². The first-order valence-corrected chi connectivity index (χ1v) is 7.92. The first-order valence-electron chi connectivity index (χ1n) is 7.92. The van der Waals surface area contributed by atoms with Crippen molar-refractivity contribution in [1.82, 2.24) is 19.9 Å². The van der Waals surface area contributed by atoms with Crippen molar-refractivity contribution >= 4 is 28.7 Å². The van der Waals surface area contributed by atoms with E-state index in [2.05, 4.69) is 35.9 Å². The molecular formula is C15H23F2N7O. The molecule has 10 heteroatoms. The van der Waals surface area contributed by atoms with E-state index in [1.54, 1.807) is 27.9 Å². The van der Waals surface area contributed by atoms with Crippen LogP contribution in [-0.2, 0) is 6.42 Å². The number of aryl methyl sites for hydroxylation is 1. The molecule has 2 aromatic rings. The molecule has 0 saturated carbocycles. The predicted octanol–water partition coefficient (Wildman–Crippen LogP) is 1.88. The van der Waals surface area contributed by atoms with Gasteiger partial charge in [0.2, 0.25) is 11.9 Å². The highest BCUT2D eigenvalue weighted by atomic mass is 19.3. The maximum atomic E-state index is 12.6. The minimum atomic E-state index is -2.52. The highest BCUT2D eigenvalue weighted by molar-refractivity contribution is 5.88. The molecule has 25 heavy (non-hydrogen) atoms. The third kappa shape index (κ3) is 5.05. The first-order chi connectivity index (χ1) is 11.7. The number of hydrogen-bond donors (Lipinski definition) is 4. The minimum absolute atomic E-state index is 0.207. The van der Waals surface area contributed by atoms with Crippen molar-refractivity contribution < 1.29 is 13.9 Å². The number of nitrogens with zero attached hydrogens (tertiary/aromatic N) is 4. The van der Waals surface area contributed by atoms with Gasteiger partial charge in [-0.25, -0.2) is 23.7 Å². The molecule has 0 unspecified atom stereocenters. The molecule has 4 N–H and O–H groups in total. The highest BCUT2D eigenvalue weighted by Crippen LogP contribution is 2.26. The Labute approximate surface area is 144 Å². The normalized spacial score (nSPS) is 11.8. The molecule has 8 nitrogen and oxygen atoms in total. The summed E-state index contributed by atoms with van der Waals surface area (Å²) in [6.07, 6.45) is -1.62. The third-order valence-electron chi connectivity index (χ3n) is 3.46. The molecule has 2 heterocycles. The fourth-order valence-electron chi connectivity index (χ4n) is 2.19. The molecule has 0 aliphatic heterocycles. The molecule has 138 valence electrons. The summed E-state index contributed by atoms with van der Waals surface area (Å²) >= 11 is 0. The van der Waals surface area contributed by atoms with Gasteiger partial charge in [-0.05, 0) is 26.7 Å². The predicted molar refractivity (Wildman–Crippen MR) is 93.3 cm³/mol. The lowest BCUT2D eigenvalue weighted by Crippen LogP contribution is -2.20. The molecule has 0 saturated heterocycles. The summed E-state index contributed by atoms with van der Waals surface area (Å²) in [6, 6.07) is 0. The number of nitrogens with one attached hydrogen (secondary N) is 3. The number of halogens is 2. The summed E-state index contributed by atoms with van der Waals surface area (Å²) < 4.78 is 25.2. The summed E-state index contributed by atoms with van der Waals surface area (Å²) in [4.78, 5) is 17.3. The fourth-order valence-corrected chi connectivity index (χ4v) is 2.19. The van der Waals surface area contributed by atoms with Crippen LogP contribution in [0.1, 0.15) is 26.0 Å². The van der Waals surface area contributed by atoms with E-state index < -0.39 is 18.6 Å². The van der Waals surface area contributed by atoms with Crippen LogP contribution in [0.25, 0.3) is 11.0 Å². The highest BCUT2D eigenvalue weighted by Gasteiger charge is 2.19. The third-order valence-corrected chi connectivity index (χ3v) is 3.46. The summed E-state index contributed by atoms with van der Waals surface area (Å²) in [5.74, 6) is 0.812. The van der Waals surface area contributed by atoms with Crippen LogP contribution in [0.15, 0.2) is 0 Å². The lowest BCUT2D eigenvalue weighted by atomic mass is 10.0. The van der Waals surface area contributed by atoms with Crippen LogP contribution >= 0.6 is 0 Å². The van der Waals surface area contributed by atoms with Gasteiger partial charge >= 0.3 is 0 Å². The van der Waals surface area contributed by atoms with Crippen molar-refractivity contribution in [3.8, 4) is 0 Å². The number of fused-ring (bicyclic) bond motifs is 1. The second-order valence-corrected chi connectivity index (χ2v) is 6.17. The van der Waals surface area contributed by atoms with Gasteiger partial charge in [-0.15, -0.1) is 0 Å². The Hall–Kier alpha value is -2.36. The van der Waals surface area contributed by atoms with E-state index >= 15 is 0 Å². The number of alkyl halides is 2. The molecule has 0 spiro atoms. The van der Waals surface area contributed by atoms with E-state index in [4.69, 9.17) is 0 Å². The quantitative estimate of drug-likeness (QED) is 0.568. The van der Waals surface area contributed by atoms with E-state index in [1.165, 1.54) is 0 Å². The van der Waals surface area contributed by atoms with Gasteiger partial charge < -0.3 is 21.1 Å². The molecule has 0 aliphatic rings. The van der Waals surface area contributed by atoms with Gasteiger partial charge in [0.15, 0.2) is 5.82 Å². The number of rotatable bonds is 8.